The van der Waals surface area contributed by atoms with Crippen LogP contribution in [0, 0.1) is 0 Å². The monoisotopic (exact) mass is 1960 g/mol. The summed E-state index contributed by atoms with van der Waals surface area (Å²) in [5, 5.41) is 47.9. The molecule has 5 unspecified atom stereocenters. The Kier molecular flexibility index (Phi) is 35.3. The number of hydrogen-bond acceptors (Lipinski definition) is 27. The van der Waals surface area contributed by atoms with Crippen molar-refractivity contribution in [2.75, 3.05) is 177 Å². The fourth-order valence-corrected chi connectivity index (χ4v) is 17.9. The van der Waals surface area contributed by atoms with E-state index in [0.29, 0.717) is 125 Å². The van der Waals surface area contributed by atoms with Crippen LogP contribution in [0.4, 0.5) is 42.8 Å². The van der Waals surface area contributed by atoms with Crippen LogP contribution in [-0.2, 0) is 23.7 Å². The molecule has 10 aromatic carbocycles. The number of urea groups is 3. The van der Waals surface area contributed by atoms with E-state index in [9.17, 15) is 48.6 Å². The Balaban J connectivity index is 0.000000136. The highest BCUT2D eigenvalue weighted by Crippen LogP contribution is 2.38. The third-order valence-corrected chi connectivity index (χ3v) is 25.6. The summed E-state index contributed by atoms with van der Waals surface area (Å²) in [5.74, 6) is 3.13. The number of nitrogens with one attached hydrogen (secondary N) is 10. The van der Waals surface area contributed by atoms with Crippen LogP contribution in [-0.4, -0.2) is 210 Å². The third kappa shape index (κ3) is 26.3. The molecule has 12 N–H and O–H groups in total. The van der Waals surface area contributed by atoms with Gasteiger partial charge in [-0.1, -0.05) is 87.3 Å². The van der Waals surface area contributed by atoms with Gasteiger partial charge in [0, 0.05) is 186 Å². The Morgan fingerprint density at radius 2 is 0.614 bits per heavy atom. The molecule has 10 aliphatic heterocycles. The fraction of sp³-hybridized carbons (Fsp3) is 0.268. The number of aromatic hydroxyl groups is 2. The molecule has 145 heavy (non-hydrogen) atoms. The van der Waals surface area contributed by atoms with Gasteiger partial charge in [-0.2, -0.15) is 0 Å². The van der Waals surface area contributed by atoms with Gasteiger partial charge < -0.3 is 126 Å². The normalized spacial score (nSPS) is 19.0. The number of carbonyl (C=O) groups excluding carboxylic acids is 8. The standard InChI is InChI=1S/C24H27N3O3.C23H25N3O3.C22H23N3O4.2C21H21N3O4.CH4/c1-3-30-21-10-6-18(7-11-21)23-22(16-25-17(2)26-23)24(28)19-4-8-20(9-5-19)27-12-14-29-15-13-27;1-16-24-15-21(22(25-16)18-4-3-5-20(14-18)28-2)23(27)17-6-8-19(9-7-17)26-10-12-29-13-11-26;1-28-19-5-3-2-4-17(19)20-18(14-23-22(27)24-20)21(26)15-6-8-16(9-7-15)25-10-12-29-13-11-25;25-17-7-3-14(4-8-17)19-18(13-22-21(27)23-19)20(26)15-1-5-16(6-2-15)24-9-11-28-12-10-24;25-17-3-1-2-15(12-17)19-18(13-22-21(27)23-19)20(26)14-4-6-16(7-5-14)24-8-10-28-11-9-24;/h4-11,16,23,25-26H,2-3,12-15H2,1H3;3-9,14-15,22,24-25H,1,10-13H2,2H3;2-9,14,20H,10-13H2,1H3,(H2,23,24,27);1-8,13,19,25H,9-12H2,(H2,22,23,27);1-7,12-13,19,25H,8-11H2,(H2,22,23,27);1H4. The van der Waals surface area contributed by atoms with Gasteiger partial charge in [0.1, 0.15) is 28.7 Å². The zero-order valence-corrected chi connectivity index (χ0v) is 80.3. The Morgan fingerprint density at radius 1 is 0.317 bits per heavy atom. The number of methoxy groups -OCH3 is 2. The van der Waals surface area contributed by atoms with E-state index >= 15 is 0 Å². The van der Waals surface area contributed by atoms with Crippen LogP contribution in [0.3, 0.4) is 0 Å². The van der Waals surface area contributed by atoms with E-state index < -0.39 is 24.2 Å². The van der Waals surface area contributed by atoms with Crippen LogP contribution in [0.15, 0.2) is 326 Å². The number of phenols is 2. The van der Waals surface area contributed by atoms with Crippen LogP contribution in [0.2, 0.25) is 0 Å². The summed E-state index contributed by atoms with van der Waals surface area (Å²) >= 11 is 0. The highest BCUT2D eigenvalue weighted by molar-refractivity contribution is 6.14. The van der Waals surface area contributed by atoms with Crippen LogP contribution >= 0.6 is 0 Å². The summed E-state index contributed by atoms with van der Waals surface area (Å²) in [5.41, 5.74) is 14.9. The maximum atomic E-state index is 13.3. The molecule has 6 amide bonds. The molecule has 5 saturated heterocycles. The minimum absolute atomic E-state index is 0. The number of benzene rings is 10. The summed E-state index contributed by atoms with van der Waals surface area (Å²) in [6.45, 7) is 26.1. The second kappa shape index (κ2) is 49.8. The summed E-state index contributed by atoms with van der Waals surface area (Å²) in [7, 11) is 3.20. The molecule has 0 radical (unpaired) electrons. The van der Waals surface area contributed by atoms with Crippen LogP contribution in [0.25, 0.3) is 0 Å². The number of anilines is 5. The van der Waals surface area contributed by atoms with Gasteiger partial charge in [-0.3, -0.25) is 24.0 Å². The van der Waals surface area contributed by atoms with Gasteiger partial charge >= 0.3 is 18.1 Å². The van der Waals surface area contributed by atoms with Gasteiger partial charge in [-0.05, 0) is 205 Å². The minimum atomic E-state index is -0.632. The van der Waals surface area contributed by atoms with Crippen LogP contribution < -0.4 is 91.9 Å². The van der Waals surface area contributed by atoms with Crippen molar-refractivity contribution < 1.29 is 86.5 Å². The smallest absolute Gasteiger partial charge is 0.319 e. The van der Waals surface area contributed by atoms with Gasteiger partial charge in [-0.25, -0.2) is 14.4 Å². The lowest BCUT2D eigenvalue weighted by atomic mass is 9.91. The second-order valence-corrected chi connectivity index (χ2v) is 34.6. The Bertz CT molecular complexity index is 6410. The maximum absolute atomic E-state index is 13.3. The molecule has 10 aromatic rings. The predicted molar refractivity (Wildman–Crippen MR) is 556 cm³/mol. The minimum Gasteiger partial charge on any atom is -0.508 e. The van der Waals surface area contributed by atoms with Gasteiger partial charge in [0.25, 0.3) is 0 Å². The van der Waals surface area contributed by atoms with Gasteiger partial charge in [0.2, 0.25) is 0 Å². The number of amides is 6. The zero-order chi connectivity index (χ0) is 100. The van der Waals surface area contributed by atoms with Gasteiger partial charge in [-0.15, -0.1) is 0 Å². The lowest BCUT2D eigenvalue weighted by Crippen LogP contribution is -2.42. The first kappa shape index (κ1) is 103. The number of Topliss-reactive ketones (excluding diaryl/α,β-unsaturated/α-hetero) is 5. The topological polar surface area (TPSA) is 387 Å². The quantitative estimate of drug-likeness (QED) is 0.0250. The molecule has 0 saturated carbocycles. The van der Waals surface area contributed by atoms with Gasteiger partial charge in [0.05, 0.1) is 129 Å². The van der Waals surface area contributed by atoms with Crippen molar-refractivity contribution in [3.8, 4) is 28.7 Å². The number of nitrogens with zero attached hydrogens (tertiary/aromatic N) is 5. The number of morpholine rings is 5. The lowest BCUT2D eigenvalue weighted by Gasteiger charge is -2.29. The second-order valence-electron chi connectivity index (χ2n) is 34.6. The maximum Gasteiger partial charge on any atom is 0.319 e. The summed E-state index contributed by atoms with van der Waals surface area (Å²) in [6, 6.07) is 70.4. The molecule has 0 bridgehead atoms. The number of phenolic OH excluding ortho intramolecular Hbond substituents is 2. The van der Waals surface area contributed by atoms with Crippen molar-refractivity contribution in [3.05, 3.63) is 382 Å². The molecule has 5 atom stereocenters. The van der Waals surface area contributed by atoms with Crippen molar-refractivity contribution in [2.24, 2.45) is 0 Å². The molecule has 10 heterocycles. The van der Waals surface area contributed by atoms with Crippen LogP contribution in [0.5, 0.6) is 28.7 Å². The highest BCUT2D eigenvalue weighted by atomic mass is 16.5. The van der Waals surface area contributed by atoms with E-state index in [2.05, 4.69) is 90.8 Å². The molecule has 0 aromatic heterocycles. The first-order chi connectivity index (χ1) is 70.2. The van der Waals surface area contributed by atoms with E-state index in [1.54, 1.807) is 87.3 Å². The van der Waals surface area contributed by atoms with E-state index in [-0.39, 0.29) is 72.0 Å². The largest absolute Gasteiger partial charge is 0.508 e. The van der Waals surface area contributed by atoms with E-state index in [1.165, 1.54) is 30.7 Å². The van der Waals surface area contributed by atoms with E-state index in [4.69, 9.17) is 37.9 Å². The number of rotatable bonds is 24. The first-order valence-electron chi connectivity index (χ1n) is 47.8. The van der Waals surface area contributed by atoms with Crippen molar-refractivity contribution in [1.29, 1.82) is 0 Å². The van der Waals surface area contributed by atoms with Crippen molar-refractivity contribution in [3.63, 3.8) is 0 Å². The summed E-state index contributed by atoms with van der Waals surface area (Å²) < 4.78 is 43.2. The van der Waals surface area contributed by atoms with Crippen LogP contribution in [0.1, 0.15) is 124 Å². The Hall–Kier alpha value is -16.5. The molecule has 0 aliphatic carbocycles. The molecule has 33 heteroatoms. The zero-order valence-electron chi connectivity index (χ0n) is 80.3. The number of hydrogen-bond donors (Lipinski definition) is 12. The fourth-order valence-electron chi connectivity index (χ4n) is 17.9. The number of carbonyl (C=O) groups is 8. The molecular weight excluding hydrogens is 1840 g/mol. The third-order valence-electron chi connectivity index (χ3n) is 25.6. The predicted octanol–water partition coefficient (Wildman–Crippen LogP) is 14.4. The Labute approximate surface area is 842 Å². The van der Waals surface area contributed by atoms with E-state index in [0.717, 1.165) is 154 Å². The number of ketones is 5. The summed E-state index contributed by atoms with van der Waals surface area (Å²) in [6.07, 6.45) is 7.86. The molecule has 20 rings (SSSR count). The molecule has 0 spiro atoms. The van der Waals surface area contributed by atoms with E-state index in [1.807, 2.05) is 177 Å². The molecule has 5 fully saturated rings. The molecule has 752 valence electrons. The average Bonchev–Trinajstić information content (AvgIpc) is 0.813. The van der Waals surface area contributed by atoms with Gasteiger partial charge in [0.15, 0.2) is 28.9 Å². The van der Waals surface area contributed by atoms with Crippen molar-refractivity contribution in [1.82, 2.24) is 53.2 Å². The first-order valence-corrected chi connectivity index (χ1v) is 47.8. The lowest BCUT2D eigenvalue weighted by molar-refractivity contribution is 0.101. The summed E-state index contributed by atoms with van der Waals surface area (Å²) in [4.78, 5) is 113. The Morgan fingerprint density at radius 3 is 0.952 bits per heavy atom. The molecule has 33 nitrogen and oxygen atoms in total. The van der Waals surface area contributed by atoms with Crippen molar-refractivity contribution >= 4 is 75.4 Å². The number of ether oxygens (including phenoxy) is 8. The molecule has 10 aliphatic rings. The SMILES string of the molecule is C.C=C1NC=C(C(=O)c2ccc(N3CCOCC3)cc2)C(c2ccc(OCC)cc2)N1.C=C1NC=C(C(=O)c2ccc(N3CCOCC3)cc2)C(c2cccc(OC)c2)N1.COc1ccccc1C1NC(=O)NC=C1C(=O)c1ccc(N2CCOCC2)cc1.O=C1NC=C(C(=O)c2ccc(N3CCOCC3)cc2)C(c2ccc(O)cc2)N1.O=C1NC=C(C(=O)c2ccc(N3CCOCC3)cc2)C(c2cccc(O)c2)N1. The highest BCUT2D eigenvalue weighted by Gasteiger charge is 2.36. The van der Waals surface area contributed by atoms with Crippen molar-refractivity contribution in [2.45, 2.75) is 44.6 Å². The molecular formula is C112H121N15O18. The average molecular weight is 1970 g/mol. The number of para-hydroxylation sites is 1.